The number of fused-ring (bicyclic) bond motifs is 1. The van der Waals surface area contributed by atoms with Gasteiger partial charge < -0.3 is 9.64 Å². The Morgan fingerprint density at radius 3 is 2.81 bits per heavy atom. The van der Waals surface area contributed by atoms with Crippen molar-refractivity contribution in [2.75, 3.05) is 18.0 Å². The van der Waals surface area contributed by atoms with Crippen LogP contribution in [0.25, 0.3) is 9.88 Å². The van der Waals surface area contributed by atoms with Crippen LogP contribution in [0.15, 0.2) is 35.7 Å². The van der Waals surface area contributed by atoms with E-state index in [9.17, 15) is 4.79 Å². The number of carbonyl (C=O) groups is 1. The number of piperidine rings is 1. The second-order valence-electron chi connectivity index (χ2n) is 7.24. The number of aryl methyl sites for hydroxylation is 1. The molecule has 0 radical (unpaired) electrons. The van der Waals surface area contributed by atoms with Gasteiger partial charge in [0.1, 0.15) is 11.4 Å². The molecule has 0 saturated carbocycles. The van der Waals surface area contributed by atoms with E-state index in [4.69, 9.17) is 4.74 Å². The second-order valence-corrected chi connectivity index (χ2v) is 9.14. The first-order chi connectivity index (χ1) is 13.1. The van der Waals surface area contributed by atoms with Crippen LogP contribution in [0.2, 0.25) is 0 Å². The smallest absolute Gasteiger partial charge is 0.208 e. The molecule has 1 fully saturated rings. The van der Waals surface area contributed by atoms with Crippen molar-refractivity contribution in [2.45, 2.75) is 31.8 Å². The van der Waals surface area contributed by atoms with E-state index in [0.29, 0.717) is 6.42 Å². The fourth-order valence-corrected chi connectivity index (χ4v) is 5.52. The third-order valence-corrected chi connectivity index (χ3v) is 7.36. The average Bonchev–Trinajstić information content (AvgIpc) is 3.34. The third kappa shape index (κ3) is 3.04. The van der Waals surface area contributed by atoms with Crippen LogP contribution in [0.1, 0.15) is 35.2 Å². The van der Waals surface area contributed by atoms with Gasteiger partial charge in [0.15, 0.2) is 10.8 Å². The first kappa shape index (κ1) is 16.9. The van der Waals surface area contributed by atoms with Crippen molar-refractivity contribution >= 4 is 33.6 Å². The predicted octanol–water partition coefficient (Wildman–Crippen LogP) is 4.58. The Hall–Kier alpha value is -2.25. The van der Waals surface area contributed by atoms with Crippen molar-refractivity contribution in [3.63, 3.8) is 0 Å². The number of aromatic nitrogens is 2. The zero-order chi connectivity index (χ0) is 18.4. The summed E-state index contributed by atoms with van der Waals surface area (Å²) in [6, 6.07) is 9.98. The molecule has 1 spiro atoms. The number of thiophene rings is 1. The van der Waals surface area contributed by atoms with Gasteiger partial charge in [-0.3, -0.25) is 4.79 Å². The lowest BCUT2D eigenvalue weighted by molar-refractivity contribution is 0.0231. The predicted molar refractivity (Wildman–Crippen MR) is 108 cm³/mol. The molecule has 0 aliphatic carbocycles. The molecule has 0 bridgehead atoms. The Morgan fingerprint density at radius 2 is 2.04 bits per heavy atom. The van der Waals surface area contributed by atoms with Gasteiger partial charge in [-0.15, -0.1) is 21.5 Å². The molecular weight excluding hydrogens is 378 g/mol. The van der Waals surface area contributed by atoms with E-state index in [2.05, 4.69) is 26.5 Å². The average molecular weight is 398 g/mol. The van der Waals surface area contributed by atoms with Crippen LogP contribution in [0.5, 0.6) is 5.75 Å². The third-order valence-electron chi connectivity index (χ3n) is 5.34. The Kier molecular flexibility index (Phi) is 4.02. The molecule has 2 aliphatic rings. The normalized spacial score (nSPS) is 18.4. The van der Waals surface area contributed by atoms with Crippen LogP contribution in [0, 0.1) is 6.92 Å². The minimum Gasteiger partial charge on any atom is -0.486 e. The molecule has 0 unspecified atom stereocenters. The van der Waals surface area contributed by atoms with Gasteiger partial charge in [0.25, 0.3) is 0 Å². The lowest BCUT2D eigenvalue weighted by Crippen LogP contribution is -2.51. The number of hydrogen-bond acceptors (Lipinski definition) is 7. The van der Waals surface area contributed by atoms with Crippen LogP contribution < -0.4 is 9.64 Å². The number of Topliss-reactive ketones (excluding diaryl/α,β-unsaturated/α-hetero) is 1. The van der Waals surface area contributed by atoms with Gasteiger partial charge in [0, 0.05) is 25.9 Å². The van der Waals surface area contributed by atoms with E-state index in [1.807, 2.05) is 31.2 Å². The lowest BCUT2D eigenvalue weighted by Gasteiger charge is -2.43. The molecule has 138 valence electrons. The molecular formula is C20H19N3O2S2. The summed E-state index contributed by atoms with van der Waals surface area (Å²) >= 11 is 3.31. The van der Waals surface area contributed by atoms with Crippen molar-refractivity contribution in [2.24, 2.45) is 0 Å². The zero-order valence-electron chi connectivity index (χ0n) is 15.0. The minimum atomic E-state index is -0.378. The van der Waals surface area contributed by atoms with Gasteiger partial charge in [-0.05, 0) is 30.5 Å². The maximum atomic E-state index is 12.7. The van der Waals surface area contributed by atoms with Crippen molar-refractivity contribution in [3.8, 4) is 15.6 Å². The molecule has 4 heterocycles. The van der Waals surface area contributed by atoms with Crippen LogP contribution in [-0.4, -0.2) is 34.7 Å². The van der Waals surface area contributed by atoms with E-state index in [0.717, 1.165) is 57.8 Å². The fraction of sp³-hybridized carbons (Fsp3) is 0.350. The number of anilines is 1. The SMILES string of the molecule is Cc1ccc2c(c1)C(=O)CC1(CCN(c3nnc(-c4cccs4)s3)CC1)O2. The Balaban J connectivity index is 1.32. The number of nitrogens with zero attached hydrogens (tertiary/aromatic N) is 3. The monoisotopic (exact) mass is 397 g/mol. The maximum Gasteiger partial charge on any atom is 0.208 e. The molecule has 2 aromatic heterocycles. The molecule has 2 aliphatic heterocycles. The van der Waals surface area contributed by atoms with Crippen LogP contribution >= 0.6 is 22.7 Å². The Labute approximate surface area is 165 Å². The number of carbonyl (C=O) groups excluding carboxylic acids is 1. The standard InChI is InChI=1S/C20H19N3O2S2/c1-13-4-5-16-14(11-13)15(24)12-20(25-16)6-8-23(9-7-20)19-22-21-18(27-19)17-3-2-10-26-17/h2-5,10-11H,6-9,12H2,1H3. The minimum absolute atomic E-state index is 0.198. The molecule has 3 aromatic rings. The summed E-state index contributed by atoms with van der Waals surface area (Å²) < 4.78 is 6.36. The maximum absolute atomic E-state index is 12.7. The molecule has 0 amide bonds. The summed E-state index contributed by atoms with van der Waals surface area (Å²) in [7, 11) is 0. The van der Waals surface area contributed by atoms with E-state index in [1.54, 1.807) is 22.7 Å². The van der Waals surface area contributed by atoms with Gasteiger partial charge in [-0.25, -0.2) is 0 Å². The summed E-state index contributed by atoms with van der Waals surface area (Å²) in [5, 5.41) is 12.7. The fourth-order valence-electron chi connectivity index (χ4n) is 3.84. The Morgan fingerprint density at radius 1 is 1.19 bits per heavy atom. The molecule has 1 saturated heterocycles. The number of hydrogen-bond donors (Lipinski definition) is 0. The van der Waals surface area contributed by atoms with Gasteiger partial charge in [-0.2, -0.15) is 0 Å². The quantitative estimate of drug-likeness (QED) is 0.634. The summed E-state index contributed by atoms with van der Waals surface area (Å²) in [5.41, 5.74) is 1.44. The number of ether oxygens (including phenoxy) is 1. The zero-order valence-corrected chi connectivity index (χ0v) is 16.6. The highest BCUT2D eigenvalue weighted by atomic mass is 32.1. The first-order valence-corrected chi connectivity index (χ1v) is 10.8. The van der Waals surface area contributed by atoms with Crippen molar-refractivity contribution in [3.05, 3.63) is 46.8 Å². The van der Waals surface area contributed by atoms with E-state index in [1.165, 1.54) is 0 Å². The lowest BCUT2D eigenvalue weighted by atomic mass is 9.82. The largest absolute Gasteiger partial charge is 0.486 e. The highest BCUT2D eigenvalue weighted by molar-refractivity contribution is 7.22. The van der Waals surface area contributed by atoms with Crippen molar-refractivity contribution in [1.29, 1.82) is 0 Å². The molecule has 27 heavy (non-hydrogen) atoms. The van der Waals surface area contributed by atoms with Gasteiger partial charge in [-0.1, -0.05) is 29.0 Å². The van der Waals surface area contributed by atoms with Crippen molar-refractivity contribution in [1.82, 2.24) is 10.2 Å². The summed E-state index contributed by atoms with van der Waals surface area (Å²) in [6.07, 6.45) is 2.10. The van der Waals surface area contributed by atoms with Crippen molar-refractivity contribution < 1.29 is 9.53 Å². The van der Waals surface area contributed by atoms with Gasteiger partial charge in [0.2, 0.25) is 5.13 Å². The highest BCUT2D eigenvalue weighted by Crippen LogP contribution is 2.41. The van der Waals surface area contributed by atoms with Crippen LogP contribution in [0.4, 0.5) is 5.13 Å². The summed E-state index contributed by atoms with van der Waals surface area (Å²) in [4.78, 5) is 16.1. The number of ketones is 1. The molecule has 5 nitrogen and oxygen atoms in total. The van der Waals surface area contributed by atoms with Gasteiger partial charge >= 0.3 is 0 Å². The molecule has 0 atom stereocenters. The number of rotatable bonds is 2. The summed E-state index contributed by atoms with van der Waals surface area (Å²) in [6.45, 7) is 3.66. The molecule has 7 heteroatoms. The molecule has 0 N–H and O–H groups in total. The molecule has 1 aromatic carbocycles. The van der Waals surface area contributed by atoms with Crippen LogP contribution in [0.3, 0.4) is 0 Å². The number of benzene rings is 1. The molecule has 5 rings (SSSR count). The van der Waals surface area contributed by atoms with Crippen LogP contribution in [-0.2, 0) is 0 Å². The topological polar surface area (TPSA) is 55.3 Å². The second kappa shape index (κ2) is 6.42. The summed E-state index contributed by atoms with van der Waals surface area (Å²) in [5.74, 6) is 0.936. The first-order valence-electron chi connectivity index (χ1n) is 9.07. The highest BCUT2D eigenvalue weighted by Gasteiger charge is 2.43. The van der Waals surface area contributed by atoms with E-state index >= 15 is 0 Å². The van der Waals surface area contributed by atoms with E-state index in [-0.39, 0.29) is 11.4 Å². The Bertz CT molecular complexity index is 989. The van der Waals surface area contributed by atoms with E-state index < -0.39 is 0 Å². The van der Waals surface area contributed by atoms with Gasteiger partial charge in [0.05, 0.1) is 16.9 Å².